The highest BCUT2D eigenvalue weighted by Gasteiger charge is 2.30. The summed E-state index contributed by atoms with van der Waals surface area (Å²) >= 11 is 1.81. The van der Waals surface area contributed by atoms with Crippen LogP contribution in [0.1, 0.15) is 70.1 Å². The Morgan fingerprint density at radius 2 is 1.90 bits per heavy atom. The van der Waals surface area contributed by atoms with E-state index in [2.05, 4.69) is 53.8 Å². The van der Waals surface area contributed by atoms with E-state index >= 15 is 0 Å². The van der Waals surface area contributed by atoms with Gasteiger partial charge in [0.15, 0.2) is 0 Å². The Labute approximate surface area is 134 Å². The van der Waals surface area contributed by atoms with Gasteiger partial charge < -0.3 is 10.1 Å². The third-order valence-corrected chi connectivity index (χ3v) is 4.45. The van der Waals surface area contributed by atoms with Crippen LogP contribution in [0.25, 0.3) is 0 Å². The number of thiazole rings is 1. The largest absolute Gasteiger partial charge is 0.371 e. The number of aromatic nitrogens is 1. The average molecular weight is 313 g/mol. The zero-order chi connectivity index (χ0) is 16.0. The summed E-state index contributed by atoms with van der Waals surface area (Å²) in [6.07, 6.45) is 1.06. The number of hydrogen-bond donors (Lipinski definition) is 1. The van der Waals surface area contributed by atoms with E-state index in [-0.39, 0.29) is 11.5 Å². The lowest BCUT2D eigenvalue weighted by Crippen LogP contribution is -2.21. The Morgan fingerprint density at radius 3 is 2.38 bits per heavy atom. The molecule has 0 amide bonds. The molecule has 21 heavy (non-hydrogen) atoms. The lowest BCUT2D eigenvalue weighted by Gasteiger charge is -2.28. The van der Waals surface area contributed by atoms with Gasteiger partial charge in [-0.05, 0) is 31.2 Å². The van der Waals surface area contributed by atoms with Crippen LogP contribution in [-0.4, -0.2) is 18.1 Å². The predicted molar refractivity (Wildman–Crippen MR) is 91.9 cm³/mol. The molecule has 4 heteroatoms. The second-order valence-corrected chi connectivity index (χ2v) is 8.12. The van der Waals surface area contributed by atoms with Gasteiger partial charge >= 0.3 is 0 Å². The molecule has 0 bridgehead atoms. The first-order valence-corrected chi connectivity index (χ1v) is 8.92. The van der Waals surface area contributed by atoms with E-state index in [9.17, 15) is 0 Å². The van der Waals surface area contributed by atoms with Crippen LogP contribution in [0.4, 0.5) is 0 Å². The van der Waals surface area contributed by atoms with Crippen LogP contribution in [0.15, 0.2) is 0 Å². The molecule has 0 fully saturated rings. The molecule has 0 aliphatic heterocycles. The number of nitrogens with zero attached hydrogens (tertiary/aromatic N) is 1. The molecule has 1 heterocycles. The summed E-state index contributed by atoms with van der Waals surface area (Å²) in [4.78, 5) is 6.23. The molecule has 122 valence electrons. The predicted octanol–water partition coefficient (Wildman–Crippen LogP) is 4.57. The summed E-state index contributed by atoms with van der Waals surface area (Å²) < 4.78 is 5.98. The fourth-order valence-corrected chi connectivity index (χ4v) is 3.68. The third-order valence-electron chi connectivity index (χ3n) is 3.31. The number of ether oxygens (including phenoxy) is 1. The van der Waals surface area contributed by atoms with E-state index in [1.807, 2.05) is 11.3 Å². The second-order valence-electron chi connectivity index (χ2n) is 7.00. The first-order chi connectivity index (χ1) is 9.79. The van der Waals surface area contributed by atoms with Crippen molar-refractivity contribution in [3.05, 3.63) is 15.6 Å². The molecule has 1 rings (SSSR count). The first-order valence-electron chi connectivity index (χ1n) is 8.10. The molecule has 0 spiro atoms. The van der Waals surface area contributed by atoms with Crippen molar-refractivity contribution in [1.82, 2.24) is 10.3 Å². The van der Waals surface area contributed by atoms with Crippen LogP contribution in [0.5, 0.6) is 0 Å². The Bertz CT molecular complexity index is 421. The minimum Gasteiger partial charge on any atom is -0.371 e. The smallest absolute Gasteiger partial charge is 0.123 e. The quantitative estimate of drug-likeness (QED) is 0.763. The first kappa shape index (κ1) is 18.6. The molecule has 0 aliphatic carbocycles. The third kappa shape index (κ3) is 5.68. The summed E-state index contributed by atoms with van der Waals surface area (Å²) in [7, 11) is 0. The normalized spacial score (nSPS) is 13.9. The standard InChI is InChI=1S/C17H32N2OS/c1-8-13-14(11-18-10-12(3)4)21-16(19-13)15(20-9-2)17(5,6)7/h12,15,18H,8-11H2,1-7H3. The van der Waals surface area contributed by atoms with Crippen molar-refractivity contribution in [2.75, 3.05) is 13.2 Å². The van der Waals surface area contributed by atoms with Crippen LogP contribution >= 0.6 is 11.3 Å². The van der Waals surface area contributed by atoms with Crippen LogP contribution in [0.3, 0.4) is 0 Å². The number of hydrogen-bond acceptors (Lipinski definition) is 4. The molecule has 1 atom stereocenters. The molecule has 3 nitrogen and oxygen atoms in total. The van der Waals surface area contributed by atoms with E-state index in [4.69, 9.17) is 9.72 Å². The van der Waals surface area contributed by atoms with Gasteiger partial charge in [0.05, 0.1) is 5.69 Å². The van der Waals surface area contributed by atoms with Crippen LogP contribution in [0, 0.1) is 11.3 Å². The van der Waals surface area contributed by atoms with Gasteiger partial charge in [0, 0.05) is 18.0 Å². The Kier molecular flexibility index (Phi) is 7.31. The van der Waals surface area contributed by atoms with E-state index in [0.717, 1.165) is 31.1 Å². The van der Waals surface area contributed by atoms with Crippen molar-refractivity contribution in [3.63, 3.8) is 0 Å². The molecule has 0 saturated carbocycles. The minimum absolute atomic E-state index is 0.0709. The molecular formula is C17H32N2OS. The van der Waals surface area contributed by atoms with Gasteiger partial charge in [0.25, 0.3) is 0 Å². The molecular weight excluding hydrogens is 280 g/mol. The van der Waals surface area contributed by atoms with Gasteiger partial charge in [0.2, 0.25) is 0 Å². The van der Waals surface area contributed by atoms with Crippen LogP contribution in [0.2, 0.25) is 0 Å². The number of rotatable bonds is 8. The summed E-state index contributed by atoms with van der Waals surface area (Å²) in [6.45, 7) is 18.0. The van der Waals surface area contributed by atoms with Crippen molar-refractivity contribution < 1.29 is 4.74 Å². The highest BCUT2D eigenvalue weighted by molar-refractivity contribution is 7.11. The highest BCUT2D eigenvalue weighted by atomic mass is 32.1. The van der Waals surface area contributed by atoms with Crippen LogP contribution in [-0.2, 0) is 17.7 Å². The van der Waals surface area contributed by atoms with E-state index in [1.54, 1.807) is 0 Å². The monoisotopic (exact) mass is 312 g/mol. The van der Waals surface area contributed by atoms with Gasteiger partial charge in [-0.1, -0.05) is 41.5 Å². The maximum atomic E-state index is 5.98. The summed E-state index contributed by atoms with van der Waals surface area (Å²) in [5.41, 5.74) is 1.29. The fraction of sp³-hybridized carbons (Fsp3) is 0.824. The van der Waals surface area contributed by atoms with Gasteiger partial charge in [-0.2, -0.15) is 0 Å². The van der Waals surface area contributed by atoms with Crippen molar-refractivity contribution in [3.8, 4) is 0 Å². The number of aryl methyl sites for hydroxylation is 1. The van der Waals surface area contributed by atoms with E-state index < -0.39 is 0 Å². The molecule has 1 aromatic rings. The summed E-state index contributed by atoms with van der Waals surface area (Å²) in [6, 6.07) is 0. The Hall–Kier alpha value is -0.450. The fourth-order valence-electron chi connectivity index (χ4n) is 2.26. The van der Waals surface area contributed by atoms with Crippen LogP contribution < -0.4 is 5.32 Å². The number of nitrogens with one attached hydrogen (secondary N) is 1. The molecule has 0 aromatic carbocycles. The van der Waals surface area contributed by atoms with E-state index in [0.29, 0.717) is 5.92 Å². The maximum absolute atomic E-state index is 5.98. The second kappa shape index (κ2) is 8.25. The van der Waals surface area contributed by atoms with Crippen molar-refractivity contribution in [1.29, 1.82) is 0 Å². The molecule has 1 aromatic heterocycles. The van der Waals surface area contributed by atoms with Crippen molar-refractivity contribution in [2.24, 2.45) is 11.3 Å². The van der Waals surface area contributed by atoms with Crippen molar-refractivity contribution in [2.45, 2.75) is 67.5 Å². The lowest BCUT2D eigenvalue weighted by atomic mass is 9.89. The van der Waals surface area contributed by atoms with E-state index in [1.165, 1.54) is 10.6 Å². The minimum atomic E-state index is 0.0709. The molecule has 0 aliphatic rings. The molecule has 0 radical (unpaired) electrons. The Balaban J connectivity index is 2.90. The molecule has 1 unspecified atom stereocenters. The van der Waals surface area contributed by atoms with Crippen molar-refractivity contribution >= 4 is 11.3 Å². The zero-order valence-electron chi connectivity index (χ0n) is 14.7. The van der Waals surface area contributed by atoms with Gasteiger partial charge in [-0.3, -0.25) is 0 Å². The van der Waals surface area contributed by atoms with Gasteiger partial charge in [0.1, 0.15) is 11.1 Å². The average Bonchev–Trinajstić information content (AvgIpc) is 2.77. The molecule has 0 saturated heterocycles. The molecule has 1 N–H and O–H groups in total. The summed E-state index contributed by atoms with van der Waals surface area (Å²) in [5, 5.41) is 4.66. The lowest BCUT2D eigenvalue weighted by molar-refractivity contribution is -0.0134. The van der Waals surface area contributed by atoms with Gasteiger partial charge in [-0.15, -0.1) is 11.3 Å². The summed E-state index contributed by atoms with van der Waals surface area (Å²) in [5.74, 6) is 0.674. The highest BCUT2D eigenvalue weighted by Crippen LogP contribution is 2.38. The topological polar surface area (TPSA) is 34.1 Å². The Morgan fingerprint density at radius 1 is 1.24 bits per heavy atom. The zero-order valence-corrected chi connectivity index (χ0v) is 15.6. The van der Waals surface area contributed by atoms with Gasteiger partial charge in [-0.25, -0.2) is 4.98 Å². The SMILES string of the molecule is CCOC(c1nc(CC)c(CNCC(C)C)s1)C(C)(C)C. The maximum Gasteiger partial charge on any atom is 0.123 e.